The van der Waals surface area contributed by atoms with Crippen LogP contribution in [0.15, 0.2) is 41.6 Å². The first-order valence-electron chi connectivity index (χ1n) is 7.94. The number of nitrogens with zero attached hydrogens (tertiary/aromatic N) is 4. The second kappa shape index (κ2) is 6.41. The third-order valence-electron chi connectivity index (χ3n) is 4.31. The molecule has 0 unspecified atom stereocenters. The quantitative estimate of drug-likeness (QED) is 0.861. The van der Waals surface area contributed by atoms with Crippen LogP contribution in [0, 0.1) is 0 Å². The lowest BCUT2D eigenvalue weighted by Crippen LogP contribution is -2.39. The van der Waals surface area contributed by atoms with Gasteiger partial charge in [0.25, 0.3) is 0 Å². The summed E-state index contributed by atoms with van der Waals surface area (Å²) in [7, 11) is -3.39. The zero-order valence-electron chi connectivity index (χ0n) is 13.5. The maximum Gasteiger partial charge on any atom is 0.243 e. The fourth-order valence-electron chi connectivity index (χ4n) is 3.05. The highest BCUT2D eigenvalue weighted by Gasteiger charge is 2.30. The number of rotatable bonds is 4. The Balaban J connectivity index is 1.73. The average molecular weight is 334 g/mol. The van der Waals surface area contributed by atoms with Crippen LogP contribution in [0.25, 0.3) is 0 Å². The molecular formula is C16H22N4O2S. The molecule has 1 aromatic heterocycles. The molecule has 1 aliphatic rings. The first-order valence-corrected chi connectivity index (χ1v) is 9.38. The van der Waals surface area contributed by atoms with Crippen LogP contribution in [0.5, 0.6) is 0 Å². The van der Waals surface area contributed by atoms with Crippen molar-refractivity contribution in [3.63, 3.8) is 0 Å². The number of aromatic nitrogens is 3. The van der Waals surface area contributed by atoms with Crippen LogP contribution in [-0.2, 0) is 10.0 Å². The fourth-order valence-corrected chi connectivity index (χ4v) is 4.54. The van der Waals surface area contributed by atoms with E-state index in [1.54, 1.807) is 34.9 Å². The van der Waals surface area contributed by atoms with E-state index in [0.29, 0.717) is 23.9 Å². The zero-order chi connectivity index (χ0) is 16.4. The van der Waals surface area contributed by atoms with Crippen molar-refractivity contribution < 1.29 is 8.42 Å². The van der Waals surface area contributed by atoms with Gasteiger partial charge in [0, 0.05) is 25.0 Å². The van der Waals surface area contributed by atoms with Crippen molar-refractivity contribution >= 4 is 10.0 Å². The molecule has 2 heterocycles. The Bertz CT molecular complexity index is 747. The van der Waals surface area contributed by atoms with E-state index in [-0.39, 0.29) is 6.04 Å². The maximum absolute atomic E-state index is 12.7. The molecule has 1 aliphatic heterocycles. The summed E-state index contributed by atoms with van der Waals surface area (Å²) in [4.78, 5) is 0.366. The lowest BCUT2D eigenvalue weighted by Gasteiger charge is -2.32. The minimum atomic E-state index is -3.39. The molecule has 3 rings (SSSR count). The van der Waals surface area contributed by atoms with Crippen molar-refractivity contribution in [2.45, 2.75) is 43.5 Å². The highest BCUT2D eigenvalue weighted by molar-refractivity contribution is 7.89. The van der Waals surface area contributed by atoms with Gasteiger partial charge in [-0.3, -0.25) is 0 Å². The van der Waals surface area contributed by atoms with Crippen molar-refractivity contribution in [3.8, 4) is 0 Å². The van der Waals surface area contributed by atoms with Gasteiger partial charge in [-0.25, -0.2) is 8.42 Å². The number of hydrogen-bond donors (Lipinski definition) is 0. The highest BCUT2D eigenvalue weighted by Crippen LogP contribution is 2.28. The Kier molecular flexibility index (Phi) is 4.50. The molecule has 0 amide bonds. The van der Waals surface area contributed by atoms with Crippen LogP contribution >= 0.6 is 0 Å². The van der Waals surface area contributed by atoms with Gasteiger partial charge in [-0.1, -0.05) is 32.0 Å². The zero-order valence-corrected chi connectivity index (χ0v) is 14.3. The number of piperidine rings is 1. The molecule has 0 saturated carbocycles. The van der Waals surface area contributed by atoms with Gasteiger partial charge in [-0.2, -0.15) is 4.31 Å². The Labute approximate surface area is 137 Å². The van der Waals surface area contributed by atoms with E-state index in [4.69, 9.17) is 0 Å². The Hall–Kier alpha value is -1.73. The van der Waals surface area contributed by atoms with Crippen LogP contribution in [0.3, 0.4) is 0 Å². The summed E-state index contributed by atoms with van der Waals surface area (Å²) >= 11 is 0. The molecule has 1 fully saturated rings. The summed E-state index contributed by atoms with van der Waals surface area (Å²) in [5, 5.41) is 8.20. The van der Waals surface area contributed by atoms with E-state index < -0.39 is 10.0 Å². The van der Waals surface area contributed by atoms with E-state index in [0.717, 1.165) is 18.7 Å². The molecule has 0 N–H and O–H groups in total. The van der Waals surface area contributed by atoms with Gasteiger partial charge in [0.1, 0.15) is 12.2 Å². The largest absolute Gasteiger partial charge is 0.314 e. The van der Waals surface area contributed by atoms with Crippen LogP contribution in [0.2, 0.25) is 0 Å². The molecule has 0 radical (unpaired) electrons. The van der Waals surface area contributed by atoms with Gasteiger partial charge < -0.3 is 4.57 Å². The predicted molar refractivity (Wildman–Crippen MR) is 87.6 cm³/mol. The standard InChI is InChI=1S/C16H22N4O2S/c1-13(2)16-18-17-12-20(16)14-8-10-19(11-9-14)23(21,22)15-6-4-3-5-7-15/h3-7,12-14H,8-11H2,1-2H3. The van der Waals surface area contributed by atoms with Crippen molar-refractivity contribution in [2.75, 3.05) is 13.1 Å². The first-order chi connectivity index (χ1) is 11.0. The summed E-state index contributed by atoms with van der Waals surface area (Å²) in [6.45, 7) is 5.24. The molecule has 0 atom stereocenters. The summed E-state index contributed by atoms with van der Waals surface area (Å²) in [5.74, 6) is 1.28. The number of sulfonamides is 1. The van der Waals surface area contributed by atoms with Gasteiger partial charge in [0.05, 0.1) is 4.90 Å². The normalized spacial score (nSPS) is 17.7. The second-order valence-corrected chi connectivity index (χ2v) is 8.14. The third-order valence-corrected chi connectivity index (χ3v) is 6.23. The van der Waals surface area contributed by atoms with Crippen LogP contribution < -0.4 is 0 Å². The van der Waals surface area contributed by atoms with E-state index in [1.807, 2.05) is 6.07 Å². The van der Waals surface area contributed by atoms with E-state index in [2.05, 4.69) is 28.6 Å². The van der Waals surface area contributed by atoms with E-state index >= 15 is 0 Å². The average Bonchev–Trinajstić information content (AvgIpc) is 3.06. The summed E-state index contributed by atoms with van der Waals surface area (Å²) < 4.78 is 29.0. The molecular weight excluding hydrogens is 312 g/mol. The smallest absolute Gasteiger partial charge is 0.243 e. The molecule has 124 valence electrons. The third kappa shape index (κ3) is 3.16. The molecule has 1 aromatic carbocycles. The Morgan fingerprint density at radius 1 is 1.13 bits per heavy atom. The highest BCUT2D eigenvalue weighted by atomic mass is 32.2. The molecule has 7 heteroatoms. The van der Waals surface area contributed by atoms with Gasteiger partial charge in [0.15, 0.2) is 0 Å². The molecule has 2 aromatic rings. The first kappa shape index (κ1) is 16.1. The van der Waals surface area contributed by atoms with Gasteiger partial charge >= 0.3 is 0 Å². The molecule has 1 saturated heterocycles. The van der Waals surface area contributed by atoms with Gasteiger partial charge in [-0.15, -0.1) is 10.2 Å². The van der Waals surface area contributed by atoms with Crippen molar-refractivity contribution in [2.24, 2.45) is 0 Å². The molecule has 0 bridgehead atoms. The summed E-state index contributed by atoms with van der Waals surface area (Å²) in [6.07, 6.45) is 3.33. The van der Waals surface area contributed by atoms with Crippen LogP contribution in [0.1, 0.15) is 44.5 Å². The second-order valence-electron chi connectivity index (χ2n) is 6.20. The minimum absolute atomic E-state index is 0.268. The van der Waals surface area contributed by atoms with E-state index in [1.165, 1.54) is 0 Å². The molecule has 6 nitrogen and oxygen atoms in total. The Morgan fingerprint density at radius 2 is 1.78 bits per heavy atom. The minimum Gasteiger partial charge on any atom is -0.314 e. The monoisotopic (exact) mass is 334 g/mol. The summed E-state index contributed by atoms with van der Waals surface area (Å²) in [6, 6.07) is 8.91. The Morgan fingerprint density at radius 3 is 2.39 bits per heavy atom. The van der Waals surface area contributed by atoms with Crippen molar-refractivity contribution in [3.05, 3.63) is 42.5 Å². The fraction of sp³-hybridized carbons (Fsp3) is 0.500. The van der Waals surface area contributed by atoms with Crippen LogP contribution in [-0.4, -0.2) is 40.6 Å². The van der Waals surface area contributed by atoms with Crippen molar-refractivity contribution in [1.29, 1.82) is 0 Å². The molecule has 23 heavy (non-hydrogen) atoms. The van der Waals surface area contributed by atoms with E-state index in [9.17, 15) is 8.42 Å². The lowest BCUT2D eigenvalue weighted by molar-refractivity contribution is 0.269. The lowest BCUT2D eigenvalue weighted by atomic mass is 10.1. The maximum atomic E-state index is 12.7. The van der Waals surface area contributed by atoms with Gasteiger partial charge in [-0.05, 0) is 25.0 Å². The van der Waals surface area contributed by atoms with Crippen molar-refractivity contribution in [1.82, 2.24) is 19.1 Å². The van der Waals surface area contributed by atoms with Crippen LogP contribution in [0.4, 0.5) is 0 Å². The number of hydrogen-bond acceptors (Lipinski definition) is 4. The molecule has 0 aliphatic carbocycles. The molecule has 0 spiro atoms. The predicted octanol–water partition coefficient (Wildman–Crippen LogP) is 2.43. The SMILES string of the molecule is CC(C)c1nncn1C1CCN(S(=O)(=O)c2ccccc2)CC1. The van der Waals surface area contributed by atoms with Gasteiger partial charge in [0.2, 0.25) is 10.0 Å². The topological polar surface area (TPSA) is 68.1 Å². The number of benzene rings is 1. The summed E-state index contributed by atoms with van der Waals surface area (Å²) in [5.41, 5.74) is 0.